The van der Waals surface area contributed by atoms with Crippen LogP contribution in [0.3, 0.4) is 0 Å². The van der Waals surface area contributed by atoms with Gasteiger partial charge in [-0.25, -0.2) is 0 Å². The largest absolute Gasteiger partial charge is 0.435 e. The highest BCUT2D eigenvalue weighted by molar-refractivity contribution is 5.43. The van der Waals surface area contributed by atoms with Gasteiger partial charge in [0, 0.05) is 0 Å². The molecule has 0 aliphatic heterocycles. The molecule has 0 bridgehead atoms. The number of ether oxygens (including phenoxy) is 1. The van der Waals surface area contributed by atoms with Crippen LogP contribution in [-0.4, -0.2) is 13.2 Å². The Labute approximate surface area is 107 Å². The Bertz CT molecular complexity index is 380. The molecule has 0 aliphatic rings. The third kappa shape index (κ3) is 4.26. The zero-order valence-electron chi connectivity index (χ0n) is 11.0. The Kier molecular flexibility index (Phi) is 6.05. The molecular formula is C14H21F2NO. The van der Waals surface area contributed by atoms with Crippen LogP contribution in [0.25, 0.3) is 0 Å². The number of benzene rings is 1. The minimum atomic E-state index is -2.77. The summed E-state index contributed by atoms with van der Waals surface area (Å²) in [6, 6.07) is 3.79. The van der Waals surface area contributed by atoms with Crippen LogP contribution in [0.2, 0.25) is 0 Å². The lowest BCUT2D eigenvalue weighted by atomic mass is 9.99. The maximum Gasteiger partial charge on any atom is 0.387 e. The van der Waals surface area contributed by atoms with E-state index in [0.717, 1.165) is 42.4 Å². The summed E-state index contributed by atoms with van der Waals surface area (Å²) in [6.45, 7) is 1.72. The molecule has 0 aliphatic carbocycles. The summed E-state index contributed by atoms with van der Waals surface area (Å²) in [6.07, 6.45) is 3.58. The van der Waals surface area contributed by atoms with Crippen LogP contribution in [0.1, 0.15) is 36.5 Å². The van der Waals surface area contributed by atoms with Gasteiger partial charge in [0.25, 0.3) is 0 Å². The molecule has 0 fully saturated rings. The van der Waals surface area contributed by atoms with Gasteiger partial charge in [0.1, 0.15) is 5.75 Å². The van der Waals surface area contributed by atoms with Crippen molar-refractivity contribution in [3.05, 3.63) is 28.8 Å². The maximum absolute atomic E-state index is 12.3. The molecule has 0 spiro atoms. The summed E-state index contributed by atoms with van der Waals surface area (Å²) >= 11 is 0. The van der Waals surface area contributed by atoms with E-state index in [1.807, 2.05) is 13.8 Å². The average molecular weight is 257 g/mol. The molecule has 1 aromatic rings. The summed E-state index contributed by atoms with van der Waals surface area (Å²) in [4.78, 5) is 0. The van der Waals surface area contributed by atoms with E-state index in [4.69, 9.17) is 5.73 Å². The molecule has 2 nitrogen and oxygen atoms in total. The van der Waals surface area contributed by atoms with Crippen LogP contribution >= 0.6 is 0 Å². The lowest BCUT2D eigenvalue weighted by molar-refractivity contribution is -0.0503. The fourth-order valence-corrected chi connectivity index (χ4v) is 2.01. The van der Waals surface area contributed by atoms with Crippen LogP contribution in [-0.2, 0) is 12.8 Å². The van der Waals surface area contributed by atoms with E-state index in [1.54, 1.807) is 6.07 Å². The Morgan fingerprint density at radius 2 is 2.00 bits per heavy atom. The lowest BCUT2D eigenvalue weighted by Gasteiger charge is -2.14. The van der Waals surface area contributed by atoms with Crippen molar-refractivity contribution in [2.45, 2.75) is 46.1 Å². The third-order valence-electron chi connectivity index (χ3n) is 3.04. The molecule has 0 saturated heterocycles. The van der Waals surface area contributed by atoms with Gasteiger partial charge >= 0.3 is 6.61 Å². The second kappa shape index (κ2) is 7.31. The number of rotatable bonds is 7. The van der Waals surface area contributed by atoms with Crippen LogP contribution in [0.5, 0.6) is 5.75 Å². The maximum atomic E-state index is 12.3. The van der Waals surface area contributed by atoms with Crippen molar-refractivity contribution in [1.29, 1.82) is 0 Å². The topological polar surface area (TPSA) is 35.2 Å². The Morgan fingerprint density at radius 3 is 2.56 bits per heavy atom. The number of aryl methyl sites for hydroxylation is 2. The van der Waals surface area contributed by atoms with Gasteiger partial charge in [-0.15, -0.1) is 0 Å². The summed E-state index contributed by atoms with van der Waals surface area (Å²) in [5, 5.41) is 0. The van der Waals surface area contributed by atoms with E-state index < -0.39 is 6.61 Å². The standard InChI is InChI=1S/C14H21F2NO/c1-3-12-8-11(6-4-5-7-17)9-13(10(12)2)18-14(15)16/h8-9,14H,3-7,17H2,1-2H3. The number of hydrogen-bond acceptors (Lipinski definition) is 2. The summed E-state index contributed by atoms with van der Waals surface area (Å²) < 4.78 is 29.2. The Morgan fingerprint density at radius 1 is 1.28 bits per heavy atom. The zero-order chi connectivity index (χ0) is 13.5. The quantitative estimate of drug-likeness (QED) is 0.759. The molecule has 0 saturated carbocycles. The molecular weight excluding hydrogens is 236 g/mol. The second-order valence-corrected chi connectivity index (χ2v) is 4.36. The summed E-state index contributed by atoms with van der Waals surface area (Å²) in [5.74, 6) is 0.298. The van der Waals surface area contributed by atoms with E-state index in [1.165, 1.54) is 0 Å². The average Bonchev–Trinajstić information content (AvgIpc) is 2.32. The zero-order valence-corrected chi connectivity index (χ0v) is 11.0. The predicted molar refractivity (Wildman–Crippen MR) is 69.2 cm³/mol. The predicted octanol–water partition coefficient (Wildman–Crippen LogP) is 3.44. The van der Waals surface area contributed by atoms with E-state index in [-0.39, 0.29) is 0 Å². The number of alkyl halides is 2. The van der Waals surface area contributed by atoms with E-state index in [9.17, 15) is 8.78 Å². The number of nitrogens with two attached hydrogens (primary N) is 1. The number of hydrogen-bond donors (Lipinski definition) is 1. The summed E-state index contributed by atoms with van der Waals surface area (Å²) in [5.41, 5.74) is 8.36. The van der Waals surface area contributed by atoms with Crippen LogP contribution in [0.15, 0.2) is 12.1 Å². The lowest BCUT2D eigenvalue weighted by Crippen LogP contribution is -2.06. The van der Waals surface area contributed by atoms with Crippen LogP contribution in [0.4, 0.5) is 8.78 Å². The van der Waals surface area contributed by atoms with Crippen molar-refractivity contribution < 1.29 is 13.5 Å². The molecule has 0 atom stereocenters. The molecule has 18 heavy (non-hydrogen) atoms. The number of halogens is 2. The van der Waals surface area contributed by atoms with E-state index in [2.05, 4.69) is 10.8 Å². The second-order valence-electron chi connectivity index (χ2n) is 4.36. The molecule has 102 valence electrons. The molecule has 1 rings (SSSR count). The van der Waals surface area contributed by atoms with E-state index >= 15 is 0 Å². The minimum Gasteiger partial charge on any atom is -0.435 e. The highest BCUT2D eigenvalue weighted by Gasteiger charge is 2.11. The molecule has 0 radical (unpaired) electrons. The Balaban J connectivity index is 2.90. The fraction of sp³-hybridized carbons (Fsp3) is 0.571. The van der Waals surface area contributed by atoms with Crippen LogP contribution < -0.4 is 10.5 Å². The van der Waals surface area contributed by atoms with Crippen molar-refractivity contribution in [1.82, 2.24) is 0 Å². The third-order valence-corrected chi connectivity index (χ3v) is 3.04. The fourth-order valence-electron chi connectivity index (χ4n) is 2.01. The first-order valence-corrected chi connectivity index (χ1v) is 6.35. The molecule has 1 aromatic carbocycles. The van der Waals surface area contributed by atoms with Gasteiger partial charge in [-0.2, -0.15) is 8.78 Å². The molecule has 0 unspecified atom stereocenters. The normalized spacial score (nSPS) is 11.0. The van der Waals surface area contributed by atoms with Gasteiger partial charge in [0.15, 0.2) is 0 Å². The van der Waals surface area contributed by atoms with Gasteiger partial charge in [-0.1, -0.05) is 13.0 Å². The van der Waals surface area contributed by atoms with Crippen molar-refractivity contribution in [3.63, 3.8) is 0 Å². The first-order chi connectivity index (χ1) is 8.58. The Hall–Kier alpha value is -1.16. The number of unbranched alkanes of at least 4 members (excludes halogenated alkanes) is 1. The first-order valence-electron chi connectivity index (χ1n) is 6.35. The molecule has 0 heterocycles. The SMILES string of the molecule is CCc1cc(CCCCN)cc(OC(F)F)c1C. The van der Waals surface area contributed by atoms with Crippen molar-refractivity contribution in [2.24, 2.45) is 5.73 Å². The van der Waals surface area contributed by atoms with Crippen molar-refractivity contribution in [3.8, 4) is 5.75 Å². The highest BCUT2D eigenvalue weighted by atomic mass is 19.3. The summed E-state index contributed by atoms with van der Waals surface area (Å²) in [7, 11) is 0. The molecule has 0 amide bonds. The first kappa shape index (κ1) is 14.9. The molecule has 0 aromatic heterocycles. The van der Waals surface area contributed by atoms with Gasteiger partial charge in [0.2, 0.25) is 0 Å². The van der Waals surface area contributed by atoms with Gasteiger partial charge < -0.3 is 10.5 Å². The van der Waals surface area contributed by atoms with Crippen molar-refractivity contribution in [2.75, 3.05) is 6.54 Å². The van der Waals surface area contributed by atoms with Gasteiger partial charge in [-0.3, -0.25) is 0 Å². The van der Waals surface area contributed by atoms with Crippen molar-refractivity contribution >= 4 is 0 Å². The van der Waals surface area contributed by atoms with Gasteiger partial charge in [-0.05, 0) is 61.9 Å². The highest BCUT2D eigenvalue weighted by Crippen LogP contribution is 2.27. The van der Waals surface area contributed by atoms with Gasteiger partial charge in [0.05, 0.1) is 0 Å². The molecule has 2 N–H and O–H groups in total. The van der Waals surface area contributed by atoms with Crippen LogP contribution in [0, 0.1) is 6.92 Å². The monoisotopic (exact) mass is 257 g/mol. The van der Waals surface area contributed by atoms with E-state index in [0.29, 0.717) is 12.3 Å². The smallest absolute Gasteiger partial charge is 0.387 e. The minimum absolute atomic E-state index is 0.298. The molecule has 4 heteroatoms.